The van der Waals surface area contributed by atoms with Gasteiger partial charge >= 0.3 is 101 Å². The minimum atomic E-state index is 0.914. The molecule has 4 saturated carbocycles. The Hall–Kier alpha value is 0.519. The van der Waals surface area contributed by atoms with E-state index in [1.165, 1.54) is 30.6 Å². The first-order valence-electron chi connectivity index (χ1n) is 6.93. The molecule has 86 valence electrons. The van der Waals surface area contributed by atoms with Gasteiger partial charge in [-0.25, -0.2) is 0 Å². The van der Waals surface area contributed by atoms with Crippen LogP contribution in [0.25, 0.3) is 0 Å². The van der Waals surface area contributed by atoms with Crippen LogP contribution in [0.4, 0.5) is 0 Å². The van der Waals surface area contributed by atoms with Gasteiger partial charge in [-0.1, -0.05) is 0 Å². The van der Waals surface area contributed by atoms with E-state index in [1.54, 1.807) is 43.8 Å². The average Bonchev–Trinajstić information content (AvgIpc) is 2.15. The van der Waals surface area contributed by atoms with Gasteiger partial charge in [0.05, 0.1) is 0 Å². The Labute approximate surface area is 101 Å². The van der Waals surface area contributed by atoms with Crippen LogP contribution in [0.5, 0.6) is 0 Å². The molecule has 4 rings (SSSR count). The molecule has 0 aliphatic heterocycles. The Kier molecular flexibility index (Phi) is 2.90. The minimum absolute atomic E-state index is 0.914. The van der Waals surface area contributed by atoms with Gasteiger partial charge in [-0.3, -0.25) is 0 Å². The Morgan fingerprint density at radius 2 is 1.53 bits per heavy atom. The number of unbranched alkanes of at least 4 members (excludes halogenated alkanes) is 1. The van der Waals surface area contributed by atoms with Gasteiger partial charge in [0.1, 0.15) is 0 Å². The van der Waals surface area contributed by atoms with Crippen molar-refractivity contribution in [3.8, 4) is 0 Å². The summed E-state index contributed by atoms with van der Waals surface area (Å²) in [6.45, 7) is 2.34. The van der Waals surface area contributed by atoms with Crippen LogP contribution in [0.1, 0.15) is 58.3 Å². The molecule has 0 heterocycles. The van der Waals surface area contributed by atoms with Crippen molar-refractivity contribution in [3.63, 3.8) is 0 Å². The second-order valence-electron chi connectivity index (χ2n) is 6.30. The third kappa shape index (κ3) is 2.03. The molecular formula is C14H24Se. The zero-order chi connectivity index (χ0) is 10.3. The van der Waals surface area contributed by atoms with E-state index in [0.29, 0.717) is 0 Å². The number of rotatable bonds is 4. The summed E-state index contributed by atoms with van der Waals surface area (Å²) in [7, 11) is 0. The van der Waals surface area contributed by atoms with E-state index in [0.717, 1.165) is 19.3 Å². The molecule has 0 amide bonds. The molecule has 0 atom stereocenters. The van der Waals surface area contributed by atoms with E-state index in [1.807, 2.05) is 0 Å². The van der Waals surface area contributed by atoms with Gasteiger partial charge in [0, 0.05) is 0 Å². The van der Waals surface area contributed by atoms with Crippen LogP contribution in [0.15, 0.2) is 0 Å². The summed E-state index contributed by atoms with van der Waals surface area (Å²) in [6.07, 6.45) is 12.7. The molecule has 0 N–H and O–H groups in total. The van der Waals surface area contributed by atoms with Gasteiger partial charge < -0.3 is 0 Å². The van der Waals surface area contributed by atoms with E-state index in [9.17, 15) is 0 Å². The summed E-state index contributed by atoms with van der Waals surface area (Å²) in [6, 6.07) is 0. The normalized spacial score (nSPS) is 47.4. The van der Waals surface area contributed by atoms with E-state index < -0.39 is 0 Å². The van der Waals surface area contributed by atoms with Crippen molar-refractivity contribution in [2.24, 2.45) is 17.8 Å². The molecule has 4 aliphatic carbocycles. The fourth-order valence-corrected chi connectivity index (χ4v) is 8.68. The summed E-state index contributed by atoms with van der Waals surface area (Å²) >= 11 is 0.985. The molecule has 1 heteroatoms. The number of hydrogen-bond donors (Lipinski definition) is 0. The fraction of sp³-hybridized carbons (Fsp3) is 1.00. The van der Waals surface area contributed by atoms with Gasteiger partial charge in [-0.2, -0.15) is 0 Å². The molecule has 0 nitrogen and oxygen atoms in total. The van der Waals surface area contributed by atoms with Crippen molar-refractivity contribution in [2.45, 2.75) is 67.9 Å². The summed E-state index contributed by atoms with van der Waals surface area (Å²) < 4.78 is 0.914. The average molecular weight is 271 g/mol. The first-order chi connectivity index (χ1) is 7.30. The Morgan fingerprint density at radius 3 is 2.00 bits per heavy atom. The molecule has 0 spiro atoms. The zero-order valence-corrected chi connectivity index (χ0v) is 11.7. The molecule has 0 aromatic heterocycles. The first-order valence-corrected chi connectivity index (χ1v) is 9.00. The monoisotopic (exact) mass is 272 g/mol. The van der Waals surface area contributed by atoms with Crippen LogP contribution in [0, 0.1) is 17.8 Å². The Bertz CT molecular complexity index is 198. The van der Waals surface area contributed by atoms with Crippen molar-refractivity contribution in [1.82, 2.24) is 0 Å². The van der Waals surface area contributed by atoms with Crippen molar-refractivity contribution in [2.75, 3.05) is 0 Å². The van der Waals surface area contributed by atoms with E-state index >= 15 is 0 Å². The van der Waals surface area contributed by atoms with Gasteiger partial charge in [0.15, 0.2) is 0 Å². The van der Waals surface area contributed by atoms with Crippen molar-refractivity contribution in [1.29, 1.82) is 0 Å². The maximum atomic E-state index is 2.34. The summed E-state index contributed by atoms with van der Waals surface area (Å²) in [5.74, 6) is 3.50. The maximum absolute atomic E-state index is 2.34. The molecule has 4 aliphatic rings. The summed E-state index contributed by atoms with van der Waals surface area (Å²) in [5.41, 5.74) is 0. The molecule has 0 aromatic rings. The quantitative estimate of drug-likeness (QED) is 0.528. The molecule has 4 fully saturated rings. The standard InChI is InChI=1S/C14H24Se/c1-2-3-4-15-14-8-11-5-12(9-14)7-13(6-11)10-14/h11-13H,2-10H2,1H3. The van der Waals surface area contributed by atoms with Crippen LogP contribution < -0.4 is 0 Å². The molecular weight excluding hydrogens is 247 g/mol. The molecule has 0 unspecified atom stereocenters. The SMILES string of the molecule is CCCC[Se]C12CC3CC(CC(C3)C1)C2. The van der Waals surface area contributed by atoms with E-state index in [2.05, 4.69) is 6.92 Å². The second kappa shape index (κ2) is 4.07. The van der Waals surface area contributed by atoms with E-state index in [-0.39, 0.29) is 0 Å². The van der Waals surface area contributed by atoms with Gasteiger partial charge in [-0.15, -0.1) is 0 Å². The topological polar surface area (TPSA) is 0 Å². The van der Waals surface area contributed by atoms with Gasteiger partial charge in [0.2, 0.25) is 0 Å². The third-order valence-corrected chi connectivity index (χ3v) is 8.26. The predicted octanol–water partition coefficient (Wildman–Crippen LogP) is 4.30. The molecule has 4 bridgehead atoms. The molecule has 15 heavy (non-hydrogen) atoms. The zero-order valence-electron chi connectivity index (χ0n) is 10.0. The van der Waals surface area contributed by atoms with Gasteiger partial charge in [-0.05, 0) is 0 Å². The van der Waals surface area contributed by atoms with Crippen molar-refractivity contribution in [3.05, 3.63) is 0 Å². The molecule has 0 saturated heterocycles. The van der Waals surface area contributed by atoms with Crippen molar-refractivity contribution < 1.29 is 0 Å². The predicted molar refractivity (Wildman–Crippen MR) is 66.3 cm³/mol. The third-order valence-electron chi connectivity index (χ3n) is 4.89. The van der Waals surface area contributed by atoms with Crippen LogP contribution >= 0.6 is 0 Å². The first kappa shape index (κ1) is 10.7. The van der Waals surface area contributed by atoms with E-state index in [4.69, 9.17) is 0 Å². The Balaban J connectivity index is 1.65. The van der Waals surface area contributed by atoms with Crippen LogP contribution in [0.2, 0.25) is 9.63 Å². The molecule has 0 aromatic carbocycles. The van der Waals surface area contributed by atoms with Crippen molar-refractivity contribution >= 4 is 15.0 Å². The van der Waals surface area contributed by atoms with Gasteiger partial charge in [0.25, 0.3) is 0 Å². The summed E-state index contributed by atoms with van der Waals surface area (Å²) in [4.78, 5) is 0. The second-order valence-corrected chi connectivity index (χ2v) is 9.58. The fourth-order valence-electron chi connectivity index (χ4n) is 4.64. The number of hydrogen-bond acceptors (Lipinski definition) is 0. The van der Waals surface area contributed by atoms with Crippen LogP contribution in [-0.4, -0.2) is 15.0 Å². The Morgan fingerprint density at radius 1 is 1.00 bits per heavy atom. The van der Waals surface area contributed by atoms with Crippen LogP contribution in [0.3, 0.4) is 0 Å². The van der Waals surface area contributed by atoms with Crippen LogP contribution in [-0.2, 0) is 0 Å². The molecule has 0 radical (unpaired) electrons. The summed E-state index contributed by atoms with van der Waals surface area (Å²) in [5, 5.41) is 1.58.